The molecule has 0 aromatic heterocycles. The number of nitrogens with one attached hydrogen (secondary N) is 3. The molecule has 0 saturated heterocycles. The van der Waals surface area contributed by atoms with E-state index in [4.69, 9.17) is 27.9 Å². The van der Waals surface area contributed by atoms with E-state index >= 15 is 0 Å². The fourth-order valence-corrected chi connectivity index (χ4v) is 4.64. The zero-order valence-corrected chi connectivity index (χ0v) is 21.5. The summed E-state index contributed by atoms with van der Waals surface area (Å²) in [5.74, 6) is -0.660. The SMILES string of the molecule is COc1ccc(C2C(C(=O)Nc3cccc(Cl)c3)=C(C)NC(C)=C2C(=O)Nc2cccc(Cl)c2)cc1. The van der Waals surface area contributed by atoms with Crippen LogP contribution < -0.4 is 20.7 Å². The lowest BCUT2D eigenvalue weighted by molar-refractivity contribution is -0.113. The predicted octanol–water partition coefficient (Wildman–Crippen LogP) is 6.51. The van der Waals surface area contributed by atoms with Crippen molar-refractivity contribution in [2.75, 3.05) is 17.7 Å². The minimum Gasteiger partial charge on any atom is -0.497 e. The molecule has 0 fully saturated rings. The summed E-state index contributed by atoms with van der Waals surface area (Å²) in [6.45, 7) is 3.64. The van der Waals surface area contributed by atoms with Gasteiger partial charge in [-0.15, -0.1) is 0 Å². The van der Waals surface area contributed by atoms with Crippen LogP contribution in [0.1, 0.15) is 25.3 Å². The molecule has 6 nitrogen and oxygen atoms in total. The molecule has 0 bridgehead atoms. The van der Waals surface area contributed by atoms with Crippen LogP contribution in [0.5, 0.6) is 5.75 Å². The van der Waals surface area contributed by atoms with Crippen LogP contribution in [-0.4, -0.2) is 18.9 Å². The number of anilines is 2. The van der Waals surface area contributed by atoms with E-state index in [0.29, 0.717) is 49.7 Å². The van der Waals surface area contributed by atoms with Crippen molar-refractivity contribution in [1.82, 2.24) is 5.32 Å². The van der Waals surface area contributed by atoms with Gasteiger partial charge in [-0.1, -0.05) is 47.5 Å². The average molecular weight is 522 g/mol. The Kier molecular flexibility index (Phi) is 7.67. The van der Waals surface area contributed by atoms with Crippen LogP contribution in [0, 0.1) is 0 Å². The number of dihydropyridines is 1. The molecular weight excluding hydrogens is 497 g/mol. The monoisotopic (exact) mass is 521 g/mol. The second-order valence-corrected chi connectivity index (χ2v) is 9.21. The first-order chi connectivity index (χ1) is 17.3. The minimum absolute atomic E-state index is 0.344. The molecule has 3 N–H and O–H groups in total. The third-order valence-corrected chi connectivity index (χ3v) is 6.33. The molecule has 3 aromatic rings. The quantitative estimate of drug-likeness (QED) is 0.345. The Bertz CT molecular complexity index is 1300. The van der Waals surface area contributed by atoms with Gasteiger partial charge in [0.05, 0.1) is 7.11 Å². The number of amides is 2. The van der Waals surface area contributed by atoms with E-state index in [1.807, 2.05) is 26.0 Å². The predicted molar refractivity (Wildman–Crippen MR) is 144 cm³/mol. The number of benzene rings is 3. The van der Waals surface area contributed by atoms with Gasteiger partial charge in [0, 0.05) is 49.9 Å². The molecule has 1 heterocycles. The van der Waals surface area contributed by atoms with Crippen molar-refractivity contribution < 1.29 is 14.3 Å². The summed E-state index contributed by atoms with van der Waals surface area (Å²) in [6, 6.07) is 21.1. The fraction of sp³-hybridized carbons (Fsp3) is 0.143. The number of rotatable bonds is 6. The lowest BCUT2D eigenvalue weighted by Gasteiger charge is -2.31. The normalized spacial score (nSPS) is 13.8. The summed E-state index contributed by atoms with van der Waals surface area (Å²) in [6.07, 6.45) is 0. The standard InChI is InChI=1S/C28H25Cl2N3O3/c1-16-24(27(34)32-21-8-4-6-19(29)14-21)26(18-10-12-23(36-3)13-11-18)25(17(2)31-16)28(35)33-22-9-5-7-20(30)15-22/h4-15,26,31H,1-3H3,(H,32,34)(H,33,35). The molecule has 184 valence electrons. The number of ether oxygens (including phenoxy) is 1. The number of hydrogen-bond acceptors (Lipinski definition) is 4. The topological polar surface area (TPSA) is 79.5 Å². The summed E-state index contributed by atoms with van der Waals surface area (Å²) < 4.78 is 5.31. The highest BCUT2D eigenvalue weighted by Crippen LogP contribution is 2.40. The van der Waals surface area contributed by atoms with E-state index in [0.717, 1.165) is 5.56 Å². The van der Waals surface area contributed by atoms with E-state index in [1.165, 1.54) is 0 Å². The van der Waals surface area contributed by atoms with Crippen molar-refractivity contribution >= 4 is 46.4 Å². The number of hydrogen-bond donors (Lipinski definition) is 3. The van der Waals surface area contributed by atoms with Crippen molar-refractivity contribution in [3.8, 4) is 5.75 Å². The zero-order valence-electron chi connectivity index (χ0n) is 20.0. The summed E-state index contributed by atoms with van der Waals surface area (Å²) >= 11 is 12.2. The maximum Gasteiger partial charge on any atom is 0.254 e. The molecule has 0 unspecified atom stereocenters. The molecule has 1 aliphatic heterocycles. The molecular formula is C28H25Cl2N3O3. The Morgan fingerprint density at radius 2 is 1.25 bits per heavy atom. The van der Waals surface area contributed by atoms with Gasteiger partial charge in [-0.2, -0.15) is 0 Å². The average Bonchev–Trinajstić information content (AvgIpc) is 2.83. The second kappa shape index (κ2) is 10.9. The van der Waals surface area contributed by atoms with E-state index in [2.05, 4.69) is 16.0 Å². The Labute approximate surface area is 220 Å². The highest BCUT2D eigenvalue weighted by atomic mass is 35.5. The highest BCUT2D eigenvalue weighted by Gasteiger charge is 2.36. The molecule has 0 aliphatic carbocycles. The third kappa shape index (κ3) is 5.56. The minimum atomic E-state index is -0.643. The molecule has 36 heavy (non-hydrogen) atoms. The molecule has 0 spiro atoms. The first-order valence-corrected chi connectivity index (χ1v) is 12.0. The van der Waals surface area contributed by atoms with Crippen LogP contribution in [0.4, 0.5) is 11.4 Å². The maximum atomic E-state index is 13.6. The highest BCUT2D eigenvalue weighted by molar-refractivity contribution is 6.31. The van der Waals surface area contributed by atoms with Gasteiger partial charge in [-0.25, -0.2) is 0 Å². The van der Waals surface area contributed by atoms with Crippen molar-refractivity contribution in [3.05, 3.63) is 111 Å². The van der Waals surface area contributed by atoms with Gasteiger partial charge in [0.2, 0.25) is 0 Å². The smallest absolute Gasteiger partial charge is 0.254 e. The van der Waals surface area contributed by atoms with Gasteiger partial charge < -0.3 is 20.7 Å². The Balaban J connectivity index is 1.76. The number of halogens is 2. The Hall–Kier alpha value is -3.74. The van der Waals surface area contributed by atoms with Gasteiger partial charge in [-0.3, -0.25) is 9.59 Å². The summed E-state index contributed by atoms with van der Waals surface area (Å²) in [5, 5.41) is 10.1. The third-order valence-electron chi connectivity index (χ3n) is 5.86. The van der Waals surface area contributed by atoms with Gasteiger partial charge in [0.25, 0.3) is 11.8 Å². The molecule has 0 atom stereocenters. The molecule has 4 rings (SSSR count). The summed E-state index contributed by atoms with van der Waals surface area (Å²) in [7, 11) is 1.58. The lowest BCUT2D eigenvalue weighted by Crippen LogP contribution is -2.35. The number of carbonyl (C=O) groups excluding carboxylic acids is 2. The summed E-state index contributed by atoms with van der Waals surface area (Å²) in [4.78, 5) is 27.3. The first-order valence-electron chi connectivity index (χ1n) is 11.2. The van der Waals surface area contributed by atoms with E-state index in [1.54, 1.807) is 67.8 Å². The van der Waals surface area contributed by atoms with Gasteiger partial charge in [-0.05, 0) is 67.9 Å². The second-order valence-electron chi connectivity index (χ2n) is 8.34. The molecule has 3 aromatic carbocycles. The zero-order chi connectivity index (χ0) is 25.8. The number of allylic oxidation sites excluding steroid dienone is 2. The van der Waals surface area contributed by atoms with Crippen LogP contribution in [0.15, 0.2) is 95.3 Å². The van der Waals surface area contributed by atoms with E-state index in [9.17, 15) is 9.59 Å². The van der Waals surface area contributed by atoms with Gasteiger partial charge >= 0.3 is 0 Å². The molecule has 8 heteroatoms. The van der Waals surface area contributed by atoms with Crippen molar-refractivity contribution in [2.45, 2.75) is 19.8 Å². The summed E-state index contributed by atoms with van der Waals surface area (Å²) in [5.41, 5.74) is 4.00. The van der Waals surface area contributed by atoms with Crippen LogP contribution in [0.2, 0.25) is 10.0 Å². The lowest BCUT2D eigenvalue weighted by atomic mass is 9.79. The fourth-order valence-electron chi connectivity index (χ4n) is 4.26. The van der Waals surface area contributed by atoms with Gasteiger partial charge in [0.15, 0.2) is 0 Å². The van der Waals surface area contributed by atoms with E-state index in [-0.39, 0.29) is 11.8 Å². The Morgan fingerprint density at radius 1 is 0.778 bits per heavy atom. The molecule has 0 saturated carbocycles. The van der Waals surface area contributed by atoms with Crippen LogP contribution in [0.25, 0.3) is 0 Å². The molecule has 2 amide bonds. The van der Waals surface area contributed by atoms with Crippen molar-refractivity contribution in [1.29, 1.82) is 0 Å². The molecule has 0 radical (unpaired) electrons. The maximum absolute atomic E-state index is 13.6. The van der Waals surface area contributed by atoms with E-state index < -0.39 is 5.92 Å². The largest absolute Gasteiger partial charge is 0.497 e. The Morgan fingerprint density at radius 3 is 1.67 bits per heavy atom. The molecule has 1 aliphatic rings. The van der Waals surface area contributed by atoms with Gasteiger partial charge in [0.1, 0.15) is 5.75 Å². The van der Waals surface area contributed by atoms with Crippen molar-refractivity contribution in [2.24, 2.45) is 0 Å². The first kappa shape index (κ1) is 25.4. The van der Waals surface area contributed by atoms with Crippen LogP contribution in [0.3, 0.4) is 0 Å². The van der Waals surface area contributed by atoms with Crippen LogP contribution >= 0.6 is 23.2 Å². The van der Waals surface area contributed by atoms with Crippen LogP contribution in [-0.2, 0) is 9.59 Å². The van der Waals surface area contributed by atoms with Crippen molar-refractivity contribution in [3.63, 3.8) is 0 Å². The number of carbonyl (C=O) groups is 2. The number of methoxy groups -OCH3 is 1.